The third-order valence-electron chi connectivity index (χ3n) is 2.68. The molecule has 0 spiro atoms. The van der Waals surface area contributed by atoms with Gasteiger partial charge in [-0.1, -0.05) is 6.07 Å². The molecule has 0 aliphatic rings. The molecule has 0 unspecified atom stereocenters. The van der Waals surface area contributed by atoms with Gasteiger partial charge in [0.2, 0.25) is 5.91 Å². The molecule has 0 aliphatic carbocycles. The number of nitrogens with two attached hydrogens (primary N) is 1. The van der Waals surface area contributed by atoms with E-state index in [1.54, 1.807) is 12.1 Å². The van der Waals surface area contributed by atoms with Crippen LogP contribution < -0.4 is 16.2 Å². The van der Waals surface area contributed by atoms with Crippen molar-refractivity contribution in [1.82, 2.24) is 5.43 Å². The number of amides is 1. The number of aryl methyl sites for hydroxylation is 1. The third-order valence-corrected chi connectivity index (χ3v) is 2.68. The summed E-state index contributed by atoms with van der Waals surface area (Å²) in [5.74, 6) is 5.07. The van der Waals surface area contributed by atoms with Crippen molar-refractivity contribution in [3.05, 3.63) is 23.8 Å². The first-order valence-corrected chi connectivity index (χ1v) is 5.62. The van der Waals surface area contributed by atoms with Gasteiger partial charge in [0.05, 0.1) is 0 Å². The van der Waals surface area contributed by atoms with Crippen LogP contribution in [0.1, 0.15) is 18.9 Å². The second-order valence-corrected chi connectivity index (χ2v) is 3.87. The number of benzene rings is 1. The number of hydrogen-bond acceptors (Lipinski definition) is 4. The van der Waals surface area contributed by atoms with E-state index in [1.165, 1.54) is 0 Å². The molecule has 1 aromatic carbocycles. The number of carbonyl (C=O) groups is 1. The molecule has 1 aromatic rings. The Kier molecular flexibility index (Phi) is 4.78. The normalized spacial score (nSPS) is 10.1. The number of phenols is 1. The molecule has 1 amide bonds. The maximum atomic E-state index is 11.1. The maximum Gasteiger partial charge on any atom is 0.235 e. The van der Waals surface area contributed by atoms with Gasteiger partial charge in [0.25, 0.3) is 0 Å². The van der Waals surface area contributed by atoms with Gasteiger partial charge < -0.3 is 10.0 Å². The van der Waals surface area contributed by atoms with E-state index in [0.29, 0.717) is 13.0 Å². The SMILES string of the molecule is CCN(CCC(=O)NN)c1cc(O)ccc1C. The zero-order valence-corrected chi connectivity index (χ0v) is 10.2. The van der Waals surface area contributed by atoms with Crippen LogP contribution in [0.15, 0.2) is 18.2 Å². The van der Waals surface area contributed by atoms with Crippen molar-refractivity contribution >= 4 is 11.6 Å². The Morgan fingerprint density at radius 3 is 2.82 bits per heavy atom. The molecule has 0 aliphatic heterocycles. The molecular formula is C12H19N3O2. The lowest BCUT2D eigenvalue weighted by atomic mass is 10.1. The molecular weight excluding hydrogens is 218 g/mol. The summed E-state index contributed by atoms with van der Waals surface area (Å²) in [4.78, 5) is 13.1. The summed E-state index contributed by atoms with van der Waals surface area (Å²) in [5.41, 5.74) is 4.12. The summed E-state index contributed by atoms with van der Waals surface area (Å²) >= 11 is 0. The van der Waals surface area contributed by atoms with Crippen molar-refractivity contribution in [1.29, 1.82) is 0 Å². The van der Waals surface area contributed by atoms with Crippen LogP contribution in [-0.4, -0.2) is 24.1 Å². The molecule has 0 fully saturated rings. The number of phenolic OH excluding ortho intramolecular Hbond substituents is 1. The van der Waals surface area contributed by atoms with E-state index in [9.17, 15) is 9.90 Å². The molecule has 94 valence electrons. The van der Waals surface area contributed by atoms with Crippen LogP contribution in [0, 0.1) is 6.92 Å². The van der Waals surface area contributed by atoms with Crippen LogP contribution in [0.5, 0.6) is 5.75 Å². The fourth-order valence-electron chi connectivity index (χ4n) is 1.70. The average molecular weight is 237 g/mol. The summed E-state index contributed by atoms with van der Waals surface area (Å²) in [5, 5.41) is 9.48. The Hall–Kier alpha value is -1.75. The zero-order chi connectivity index (χ0) is 12.8. The van der Waals surface area contributed by atoms with Crippen molar-refractivity contribution in [2.45, 2.75) is 20.3 Å². The number of hydrazine groups is 1. The molecule has 0 saturated carbocycles. The summed E-state index contributed by atoms with van der Waals surface area (Å²) < 4.78 is 0. The van der Waals surface area contributed by atoms with E-state index >= 15 is 0 Å². The Labute approximate surface area is 101 Å². The standard InChI is InChI=1S/C12H19N3O2/c1-3-15(7-6-12(17)14-13)11-8-10(16)5-4-9(11)2/h4-5,8,16H,3,6-7,13H2,1-2H3,(H,14,17). The van der Waals surface area contributed by atoms with E-state index in [2.05, 4.69) is 5.43 Å². The first-order valence-electron chi connectivity index (χ1n) is 5.62. The Morgan fingerprint density at radius 1 is 1.53 bits per heavy atom. The topological polar surface area (TPSA) is 78.6 Å². The number of carbonyl (C=O) groups excluding carboxylic acids is 1. The lowest BCUT2D eigenvalue weighted by Crippen LogP contribution is -2.34. The molecule has 0 radical (unpaired) electrons. The van der Waals surface area contributed by atoms with Gasteiger partial charge >= 0.3 is 0 Å². The van der Waals surface area contributed by atoms with E-state index in [0.717, 1.165) is 17.8 Å². The van der Waals surface area contributed by atoms with Gasteiger partial charge in [-0.3, -0.25) is 10.2 Å². The van der Waals surface area contributed by atoms with Gasteiger partial charge in [-0.2, -0.15) is 0 Å². The Bertz CT molecular complexity index is 393. The highest BCUT2D eigenvalue weighted by Gasteiger charge is 2.10. The van der Waals surface area contributed by atoms with Crippen molar-refractivity contribution in [3.8, 4) is 5.75 Å². The maximum absolute atomic E-state index is 11.1. The highest BCUT2D eigenvalue weighted by Crippen LogP contribution is 2.24. The van der Waals surface area contributed by atoms with E-state index in [4.69, 9.17) is 5.84 Å². The van der Waals surface area contributed by atoms with E-state index in [-0.39, 0.29) is 11.7 Å². The van der Waals surface area contributed by atoms with Crippen molar-refractivity contribution < 1.29 is 9.90 Å². The minimum Gasteiger partial charge on any atom is -0.508 e. The molecule has 0 aromatic heterocycles. The molecule has 0 heterocycles. The van der Waals surface area contributed by atoms with Crippen LogP contribution in [0.25, 0.3) is 0 Å². The number of hydrogen-bond donors (Lipinski definition) is 3. The van der Waals surface area contributed by atoms with Gasteiger partial charge in [-0.15, -0.1) is 0 Å². The van der Waals surface area contributed by atoms with Gasteiger partial charge in [0.15, 0.2) is 0 Å². The summed E-state index contributed by atoms with van der Waals surface area (Å²) in [6.07, 6.45) is 0.333. The largest absolute Gasteiger partial charge is 0.508 e. The number of rotatable bonds is 5. The fourth-order valence-corrected chi connectivity index (χ4v) is 1.70. The van der Waals surface area contributed by atoms with Crippen molar-refractivity contribution in [2.24, 2.45) is 5.84 Å². The molecule has 0 saturated heterocycles. The number of anilines is 1. The van der Waals surface area contributed by atoms with E-state index in [1.807, 2.05) is 24.8 Å². The highest BCUT2D eigenvalue weighted by molar-refractivity contribution is 5.76. The quantitative estimate of drug-likeness (QED) is 0.404. The smallest absolute Gasteiger partial charge is 0.235 e. The average Bonchev–Trinajstić information content (AvgIpc) is 2.33. The first kappa shape index (κ1) is 13.3. The minimum absolute atomic E-state index is 0.193. The molecule has 4 N–H and O–H groups in total. The fraction of sp³-hybridized carbons (Fsp3) is 0.417. The summed E-state index contributed by atoms with van der Waals surface area (Å²) in [7, 11) is 0. The molecule has 0 atom stereocenters. The van der Waals surface area contributed by atoms with Crippen molar-refractivity contribution in [2.75, 3.05) is 18.0 Å². The predicted octanol–water partition coefficient (Wildman–Crippen LogP) is 0.907. The molecule has 0 bridgehead atoms. The third kappa shape index (κ3) is 3.64. The van der Waals surface area contributed by atoms with E-state index < -0.39 is 0 Å². The van der Waals surface area contributed by atoms with Crippen LogP contribution in [0.3, 0.4) is 0 Å². The lowest BCUT2D eigenvalue weighted by Gasteiger charge is -2.24. The summed E-state index contributed by atoms with van der Waals surface area (Å²) in [6.45, 7) is 5.32. The predicted molar refractivity (Wildman–Crippen MR) is 67.7 cm³/mol. The molecule has 17 heavy (non-hydrogen) atoms. The van der Waals surface area contributed by atoms with Crippen LogP contribution >= 0.6 is 0 Å². The Morgan fingerprint density at radius 2 is 2.24 bits per heavy atom. The van der Waals surface area contributed by atoms with Crippen LogP contribution in [0.2, 0.25) is 0 Å². The van der Waals surface area contributed by atoms with Gasteiger partial charge in [-0.05, 0) is 25.5 Å². The monoisotopic (exact) mass is 237 g/mol. The van der Waals surface area contributed by atoms with Crippen LogP contribution in [0.4, 0.5) is 5.69 Å². The molecule has 5 heteroatoms. The second-order valence-electron chi connectivity index (χ2n) is 3.87. The number of aromatic hydroxyl groups is 1. The van der Waals surface area contributed by atoms with Gasteiger partial charge in [-0.25, -0.2) is 5.84 Å². The highest BCUT2D eigenvalue weighted by atomic mass is 16.3. The summed E-state index contributed by atoms with van der Waals surface area (Å²) in [6, 6.07) is 5.22. The minimum atomic E-state index is -0.193. The van der Waals surface area contributed by atoms with Gasteiger partial charge in [0, 0.05) is 31.3 Å². The zero-order valence-electron chi connectivity index (χ0n) is 10.2. The lowest BCUT2D eigenvalue weighted by molar-refractivity contribution is -0.120. The number of nitrogens with zero attached hydrogens (tertiary/aromatic N) is 1. The van der Waals surface area contributed by atoms with Crippen LogP contribution in [-0.2, 0) is 4.79 Å². The van der Waals surface area contributed by atoms with Gasteiger partial charge in [0.1, 0.15) is 5.75 Å². The molecule has 5 nitrogen and oxygen atoms in total. The Balaban J connectivity index is 2.78. The van der Waals surface area contributed by atoms with Crippen molar-refractivity contribution in [3.63, 3.8) is 0 Å². The first-order chi connectivity index (χ1) is 8.08. The second kappa shape index (κ2) is 6.10. The molecule has 1 rings (SSSR count). The number of nitrogens with one attached hydrogen (secondary N) is 1.